The molecule has 0 aliphatic carbocycles. The lowest BCUT2D eigenvalue weighted by Crippen LogP contribution is -2.68. The van der Waals surface area contributed by atoms with E-state index in [1.807, 2.05) is 36.4 Å². The number of amides is 2. The Labute approximate surface area is 277 Å². The first-order valence-corrected chi connectivity index (χ1v) is 17.7. The van der Waals surface area contributed by atoms with Gasteiger partial charge in [-0.25, -0.2) is 9.18 Å². The van der Waals surface area contributed by atoms with Gasteiger partial charge in [-0.2, -0.15) is 0 Å². The van der Waals surface area contributed by atoms with Gasteiger partial charge in [-0.1, -0.05) is 93.0 Å². The maximum Gasteiger partial charge on any atom is 0.410 e. The molecule has 248 valence electrons. The second-order valence-corrected chi connectivity index (χ2v) is 18.9. The van der Waals surface area contributed by atoms with Crippen molar-refractivity contribution in [2.24, 2.45) is 0 Å². The van der Waals surface area contributed by atoms with Crippen molar-refractivity contribution in [3.63, 3.8) is 0 Å². The first kappa shape index (κ1) is 35.5. The van der Waals surface area contributed by atoms with Crippen LogP contribution >= 0.6 is 11.6 Å². The van der Waals surface area contributed by atoms with Crippen molar-refractivity contribution in [1.82, 2.24) is 15.2 Å². The van der Waals surface area contributed by atoms with Gasteiger partial charge in [0.15, 0.2) is 6.10 Å². The monoisotopic (exact) mass is 669 g/mol. The van der Waals surface area contributed by atoms with Gasteiger partial charge in [0.1, 0.15) is 11.4 Å². The molecule has 2 atom stereocenters. The Morgan fingerprint density at radius 3 is 2.07 bits per heavy atom. The molecule has 1 aliphatic rings. The number of benzene rings is 2. The number of nitrogens with one attached hydrogen (secondary N) is 1. The molecule has 2 amide bonds. The maximum atomic E-state index is 13.6. The number of morpholine rings is 1. The van der Waals surface area contributed by atoms with Gasteiger partial charge in [0, 0.05) is 0 Å². The van der Waals surface area contributed by atoms with Crippen LogP contribution in [0.3, 0.4) is 0 Å². The molecule has 4 rings (SSSR count). The summed E-state index contributed by atoms with van der Waals surface area (Å²) in [5.74, 6) is -1.04. The Hall–Kier alpha value is -3.31. The molecular weight excluding hydrogens is 625 g/mol. The molecular formula is C35H45ClFN3O5Si. The Morgan fingerprint density at radius 2 is 1.57 bits per heavy atom. The largest absolute Gasteiger partial charge is 0.444 e. The smallest absolute Gasteiger partial charge is 0.410 e. The van der Waals surface area contributed by atoms with E-state index in [1.54, 1.807) is 34.6 Å². The third kappa shape index (κ3) is 7.97. The number of hydrogen-bond donors (Lipinski definition) is 1. The molecule has 2 aromatic carbocycles. The first-order chi connectivity index (χ1) is 21.4. The fraction of sp³-hybridized carbons (Fsp3) is 0.457. The lowest BCUT2D eigenvalue weighted by atomic mass is 9.99. The lowest BCUT2D eigenvalue weighted by molar-refractivity contribution is -0.144. The Kier molecular flexibility index (Phi) is 10.7. The van der Waals surface area contributed by atoms with E-state index in [0.29, 0.717) is 5.69 Å². The van der Waals surface area contributed by atoms with Crippen molar-refractivity contribution < 1.29 is 27.9 Å². The third-order valence-electron chi connectivity index (χ3n) is 7.96. The SMILES string of the molecule is CC(C)(C)OC(=O)N1C[C@@H](C(=O)NC(C)(C)c2ncc(F)cc2Cl)OC[C@H]1CO[Si](c1ccccc1)(c1ccccc1)C(C)(C)C. The average molecular weight is 670 g/mol. The molecule has 1 N–H and O–H groups in total. The molecule has 46 heavy (non-hydrogen) atoms. The average Bonchev–Trinajstić information content (AvgIpc) is 2.96. The summed E-state index contributed by atoms with van der Waals surface area (Å²) in [5, 5.41) is 4.95. The minimum Gasteiger partial charge on any atom is -0.444 e. The van der Waals surface area contributed by atoms with Gasteiger partial charge in [-0.05, 0) is 56.1 Å². The van der Waals surface area contributed by atoms with Crippen LogP contribution in [0.4, 0.5) is 9.18 Å². The van der Waals surface area contributed by atoms with E-state index in [-0.39, 0.29) is 29.8 Å². The van der Waals surface area contributed by atoms with Crippen LogP contribution in [-0.4, -0.2) is 67.7 Å². The zero-order valence-corrected chi connectivity index (χ0v) is 29.7. The van der Waals surface area contributed by atoms with Gasteiger partial charge in [0.05, 0.1) is 48.3 Å². The molecule has 3 aromatic rings. The number of hydrogen-bond acceptors (Lipinski definition) is 6. The Balaban J connectivity index is 1.62. The van der Waals surface area contributed by atoms with E-state index in [1.165, 1.54) is 4.90 Å². The highest BCUT2D eigenvalue weighted by Gasteiger charge is 2.51. The molecule has 2 heterocycles. The van der Waals surface area contributed by atoms with E-state index >= 15 is 0 Å². The van der Waals surface area contributed by atoms with E-state index in [2.05, 4.69) is 55.3 Å². The number of pyridine rings is 1. The number of nitrogens with zero attached hydrogens (tertiary/aromatic N) is 2. The highest BCUT2D eigenvalue weighted by atomic mass is 35.5. The summed E-state index contributed by atoms with van der Waals surface area (Å²) in [4.78, 5) is 32.8. The summed E-state index contributed by atoms with van der Waals surface area (Å²) in [6, 6.07) is 21.1. The van der Waals surface area contributed by atoms with E-state index in [0.717, 1.165) is 22.6 Å². The van der Waals surface area contributed by atoms with Gasteiger partial charge in [0.25, 0.3) is 14.2 Å². The number of aromatic nitrogens is 1. The zero-order chi connectivity index (χ0) is 33.9. The lowest BCUT2D eigenvalue weighted by Gasteiger charge is -2.46. The molecule has 1 saturated heterocycles. The summed E-state index contributed by atoms with van der Waals surface area (Å²) in [5.41, 5.74) is -1.50. The predicted molar refractivity (Wildman–Crippen MR) is 180 cm³/mol. The van der Waals surface area contributed by atoms with Crippen LogP contribution in [-0.2, 0) is 24.2 Å². The molecule has 11 heteroatoms. The van der Waals surface area contributed by atoms with Crippen LogP contribution in [0.1, 0.15) is 61.1 Å². The van der Waals surface area contributed by atoms with Crippen LogP contribution < -0.4 is 15.7 Å². The van der Waals surface area contributed by atoms with E-state index in [4.69, 9.17) is 25.5 Å². The number of ether oxygens (including phenoxy) is 2. The minimum absolute atomic E-state index is 0.0471. The topological polar surface area (TPSA) is 90.0 Å². The van der Waals surface area contributed by atoms with Gasteiger partial charge in [-0.15, -0.1) is 0 Å². The van der Waals surface area contributed by atoms with Crippen molar-refractivity contribution in [2.45, 2.75) is 83.7 Å². The predicted octanol–water partition coefficient (Wildman–Crippen LogP) is 5.81. The molecule has 0 spiro atoms. The molecule has 1 aliphatic heterocycles. The second kappa shape index (κ2) is 13.8. The van der Waals surface area contributed by atoms with Crippen LogP contribution in [0, 0.1) is 5.82 Å². The minimum atomic E-state index is -2.92. The van der Waals surface area contributed by atoms with Crippen molar-refractivity contribution in [2.75, 3.05) is 19.8 Å². The van der Waals surface area contributed by atoms with Crippen LogP contribution in [0.25, 0.3) is 0 Å². The molecule has 0 bridgehead atoms. The highest BCUT2D eigenvalue weighted by Crippen LogP contribution is 2.37. The molecule has 0 unspecified atom stereocenters. The molecule has 0 saturated carbocycles. The molecule has 1 aromatic heterocycles. The zero-order valence-electron chi connectivity index (χ0n) is 27.9. The number of carbonyl (C=O) groups is 2. The Bertz CT molecular complexity index is 1470. The van der Waals surface area contributed by atoms with Gasteiger partial charge in [-0.3, -0.25) is 14.7 Å². The normalized spacial score (nSPS) is 17.8. The fourth-order valence-corrected chi connectivity index (χ4v) is 10.8. The van der Waals surface area contributed by atoms with Gasteiger partial charge >= 0.3 is 6.09 Å². The third-order valence-corrected chi connectivity index (χ3v) is 13.3. The quantitative estimate of drug-likeness (QED) is 0.305. The number of carbonyl (C=O) groups excluding carboxylic acids is 2. The number of halogens is 2. The standard InChI is InChI=1S/C35H45ClFN3O5Si/c1-33(2,3)45-32(42)40-21-29(31(41)39-35(7,8)30-28(36)19-24(37)20-38-30)43-22-25(40)23-44-46(34(4,5)6,26-15-11-9-12-16-26)27-17-13-10-14-18-27/h9-20,25,29H,21-23H2,1-8H3,(H,39,41)/t25-,29-/m0/s1. The number of rotatable bonds is 8. The first-order valence-electron chi connectivity index (χ1n) is 15.4. The Morgan fingerprint density at radius 1 is 1.00 bits per heavy atom. The van der Waals surface area contributed by atoms with Gasteiger partial charge < -0.3 is 19.2 Å². The second-order valence-electron chi connectivity index (χ2n) is 14.2. The van der Waals surface area contributed by atoms with Crippen molar-refractivity contribution in [1.29, 1.82) is 0 Å². The molecule has 1 fully saturated rings. The molecule has 0 radical (unpaired) electrons. The highest BCUT2D eigenvalue weighted by molar-refractivity contribution is 6.99. The van der Waals surface area contributed by atoms with Crippen molar-refractivity contribution in [3.8, 4) is 0 Å². The summed E-state index contributed by atoms with van der Waals surface area (Å²) in [6.07, 6.45) is -0.519. The fourth-order valence-electron chi connectivity index (χ4n) is 5.84. The summed E-state index contributed by atoms with van der Waals surface area (Å²) >= 11 is 6.26. The summed E-state index contributed by atoms with van der Waals surface area (Å²) in [7, 11) is -2.92. The van der Waals surface area contributed by atoms with E-state index < -0.39 is 49.4 Å². The maximum absolute atomic E-state index is 13.6. The van der Waals surface area contributed by atoms with Crippen LogP contribution in [0.5, 0.6) is 0 Å². The summed E-state index contributed by atoms with van der Waals surface area (Å²) < 4.78 is 32.7. The van der Waals surface area contributed by atoms with Crippen LogP contribution in [0.2, 0.25) is 10.1 Å². The van der Waals surface area contributed by atoms with Crippen molar-refractivity contribution in [3.05, 3.63) is 89.5 Å². The van der Waals surface area contributed by atoms with Crippen molar-refractivity contribution >= 4 is 42.3 Å². The summed E-state index contributed by atoms with van der Waals surface area (Å²) in [6.45, 7) is 15.5. The van der Waals surface area contributed by atoms with Gasteiger partial charge in [0.2, 0.25) is 0 Å². The molecule has 8 nitrogen and oxygen atoms in total. The van der Waals surface area contributed by atoms with E-state index in [9.17, 15) is 14.0 Å². The van der Waals surface area contributed by atoms with Crippen LogP contribution in [0.15, 0.2) is 72.9 Å².